The summed E-state index contributed by atoms with van der Waals surface area (Å²) in [4.78, 5) is 22.8. The van der Waals surface area contributed by atoms with Gasteiger partial charge in [-0.05, 0) is 18.6 Å². The summed E-state index contributed by atoms with van der Waals surface area (Å²) in [5.74, 6) is 0.331. The molecule has 122 valence electrons. The topological polar surface area (TPSA) is 67.4 Å². The first-order valence-corrected chi connectivity index (χ1v) is 7.63. The average Bonchev–Trinajstić information content (AvgIpc) is 2.61. The number of rotatable bonds is 8. The van der Waals surface area contributed by atoms with E-state index < -0.39 is 0 Å². The second kappa shape index (κ2) is 8.85. The highest BCUT2D eigenvalue weighted by atomic mass is 16.5. The van der Waals surface area contributed by atoms with E-state index in [2.05, 4.69) is 27.4 Å². The highest BCUT2D eigenvalue weighted by Gasteiger charge is 2.12. The van der Waals surface area contributed by atoms with E-state index in [0.717, 1.165) is 6.54 Å². The molecular formula is C17H22N4O2. The van der Waals surface area contributed by atoms with Gasteiger partial charge in [-0.3, -0.25) is 4.79 Å². The molecule has 23 heavy (non-hydrogen) atoms. The summed E-state index contributed by atoms with van der Waals surface area (Å²) in [7, 11) is 1.59. The van der Waals surface area contributed by atoms with Crippen molar-refractivity contribution in [3.63, 3.8) is 0 Å². The van der Waals surface area contributed by atoms with E-state index in [-0.39, 0.29) is 5.91 Å². The Hall–Kier alpha value is -2.47. The normalized spacial score (nSPS) is 10.3. The molecule has 2 aromatic rings. The quantitative estimate of drug-likeness (QED) is 0.754. The second-order valence-electron chi connectivity index (χ2n) is 4.99. The van der Waals surface area contributed by atoms with Gasteiger partial charge in [0.05, 0.1) is 6.61 Å². The molecule has 0 radical (unpaired) electrons. The van der Waals surface area contributed by atoms with E-state index in [4.69, 9.17) is 4.74 Å². The fourth-order valence-electron chi connectivity index (χ4n) is 2.11. The lowest BCUT2D eigenvalue weighted by Gasteiger charge is -2.21. The Morgan fingerprint density at radius 3 is 2.74 bits per heavy atom. The number of benzene rings is 1. The van der Waals surface area contributed by atoms with Crippen molar-refractivity contribution >= 4 is 11.9 Å². The highest BCUT2D eigenvalue weighted by Crippen LogP contribution is 2.12. The van der Waals surface area contributed by atoms with Crippen molar-refractivity contribution in [3.8, 4) is 0 Å². The molecule has 0 saturated carbocycles. The SMILES string of the molecule is CCN(Cc1ccccc1)c1nccc(C(=O)NCCOC)n1. The molecule has 1 N–H and O–H groups in total. The van der Waals surface area contributed by atoms with Gasteiger partial charge in [-0.15, -0.1) is 0 Å². The van der Waals surface area contributed by atoms with Crippen LogP contribution in [0.25, 0.3) is 0 Å². The van der Waals surface area contributed by atoms with E-state index in [1.807, 2.05) is 30.0 Å². The van der Waals surface area contributed by atoms with E-state index in [0.29, 0.717) is 31.3 Å². The first-order chi connectivity index (χ1) is 11.2. The number of aromatic nitrogens is 2. The summed E-state index contributed by atoms with van der Waals surface area (Å²) < 4.78 is 4.92. The summed E-state index contributed by atoms with van der Waals surface area (Å²) in [6, 6.07) is 11.7. The number of amides is 1. The number of hydrogen-bond donors (Lipinski definition) is 1. The third kappa shape index (κ3) is 5.03. The van der Waals surface area contributed by atoms with Crippen LogP contribution >= 0.6 is 0 Å². The summed E-state index contributed by atoms with van der Waals surface area (Å²) in [5, 5.41) is 2.76. The maximum atomic E-state index is 12.1. The fraction of sp³-hybridized carbons (Fsp3) is 0.353. The smallest absolute Gasteiger partial charge is 0.270 e. The lowest BCUT2D eigenvalue weighted by molar-refractivity contribution is 0.0932. The lowest BCUT2D eigenvalue weighted by Crippen LogP contribution is -2.29. The molecular weight excluding hydrogens is 292 g/mol. The Balaban J connectivity index is 2.08. The lowest BCUT2D eigenvalue weighted by atomic mass is 10.2. The number of hydrogen-bond acceptors (Lipinski definition) is 5. The molecule has 1 aromatic carbocycles. The maximum Gasteiger partial charge on any atom is 0.270 e. The zero-order valence-electron chi connectivity index (χ0n) is 13.5. The van der Waals surface area contributed by atoms with Crippen molar-refractivity contribution in [3.05, 3.63) is 53.9 Å². The monoisotopic (exact) mass is 314 g/mol. The van der Waals surface area contributed by atoms with Gasteiger partial charge in [0.2, 0.25) is 5.95 Å². The molecule has 0 unspecified atom stereocenters. The van der Waals surface area contributed by atoms with Crippen molar-refractivity contribution in [2.45, 2.75) is 13.5 Å². The van der Waals surface area contributed by atoms with Crippen molar-refractivity contribution in [2.75, 3.05) is 31.7 Å². The number of carbonyl (C=O) groups is 1. The first-order valence-electron chi connectivity index (χ1n) is 7.63. The van der Waals surface area contributed by atoms with Crippen molar-refractivity contribution in [2.24, 2.45) is 0 Å². The molecule has 0 aliphatic heterocycles. The predicted molar refractivity (Wildman–Crippen MR) is 89.4 cm³/mol. The van der Waals surface area contributed by atoms with Crippen molar-refractivity contribution < 1.29 is 9.53 Å². The van der Waals surface area contributed by atoms with Crippen LogP contribution in [0.4, 0.5) is 5.95 Å². The zero-order chi connectivity index (χ0) is 16.5. The molecule has 0 saturated heterocycles. The van der Waals surface area contributed by atoms with Gasteiger partial charge in [0.25, 0.3) is 5.91 Å². The molecule has 6 heteroatoms. The summed E-state index contributed by atoms with van der Waals surface area (Å²) in [6.45, 7) is 4.42. The molecule has 0 aliphatic rings. The zero-order valence-corrected chi connectivity index (χ0v) is 13.5. The average molecular weight is 314 g/mol. The largest absolute Gasteiger partial charge is 0.383 e. The van der Waals surface area contributed by atoms with E-state index in [9.17, 15) is 4.79 Å². The van der Waals surface area contributed by atoms with Crippen LogP contribution in [0, 0.1) is 0 Å². The summed E-state index contributed by atoms with van der Waals surface area (Å²) in [5.41, 5.74) is 1.53. The van der Waals surface area contributed by atoms with Crippen LogP contribution in [0.5, 0.6) is 0 Å². The van der Waals surface area contributed by atoms with E-state index >= 15 is 0 Å². The van der Waals surface area contributed by atoms with Gasteiger partial charge in [0.1, 0.15) is 5.69 Å². The minimum absolute atomic E-state index is 0.221. The third-order valence-electron chi connectivity index (χ3n) is 3.35. The first kappa shape index (κ1) is 16.9. The van der Waals surface area contributed by atoms with Crippen LogP contribution in [0.3, 0.4) is 0 Å². The Morgan fingerprint density at radius 1 is 1.26 bits per heavy atom. The Morgan fingerprint density at radius 2 is 2.04 bits per heavy atom. The van der Waals surface area contributed by atoms with Gasteiger partial charge in [0, 0.05) is 32.9 Å². The summed E-state index contributed by atoms with van der Waals surface area (Å²) >= 11 is 0. The second-order valence-corrected chi connectivity index (χ2v) is 4.99. The molecule has 2 rings (SSSR count). The van der Waals surface area contributed by atoms with Crippen LogP contribution in [0.15, 0.2) is 42.6 Å². The van der Waals surface area contributed by atoms with Gasteiger partial charge < -0.3 is 15.0 Å². The number of anilines is 1. The fourth-order valence-corrected chi connectivity index (χ4v) is 2.11. The molecule has 0 spiro atoms. The van der Waals surface area contributed by atoms with E-state index in [1.165, 1.54) is 5.56 Å². The van der Waals surface area contributed by atoms with Gasteiger partial charge in [-0.1, -0.05) is 30.3 Å². The van der Waals surface area contributed by atoms with E-state index in [1.54, 1.807) is 19.4 Å². The van der Waals surface area contributed by atoms with Gasteiger partial charge in [-0.2, -0.15) is 0 Å². The van der Waals surface area contributed by atoms with Crippen LogP contribution in [0.1, 0.15) is 23.0 Å². The molecule has 6 nitrogen and oxygen atoms in total. The molecule has 0 bridgehead atoms. The Kier molecular flexibility index (Phi) is 6.50. The molecule has 1 amide bonds. The number of nitrogens with one attached hydrogen (secondary N) is 1. The number of methoxy groups -OCH3 is 1. The number of nitrogens with zero attached hydrogens (tertiary/aromatic N) is 3. The standard InChI is InChI=1S/C17H22N4O2/c1-3-21(13-14-7-5-4-6-8-14)17-19-10-9-15(20-17)16(22)18-11-12-23-2/h4-10H,3,11-13H2,1-2H3,(H,18,22). The molecule has 1 aromatic heterocycles. The maximum absolute atomic E-state index is 12.1. The van der Waals surface area contributed by atoms with Crippen molar-refractivity contribution in [1.82, 2.24) is 15.3 Å². The Labute approximate surface area is 136 Å². The number of ether oxygens (including phenoxy) is 1. The van der Waals surface area contributed by atoms with Crippen LogP contribution in [-0.4, -0.2) is 42.7 Å². The third-order valence-corrected chi connectivity index (χ3v) is 3.35. The van der Waals surface area contributed by atoms with Gasteiger partial charge in [-0.25, -0.2) is 9.97 Å². The van der Waals surface area contributed by atoms with Gasteiger partial charge >= 0.3 is 0 Å². The number of carbonyl (C=O) groups excluding carboxylic acids is 1. The Bertz CT molecular complexity index is 619. The minimum Gasteiger partial charge on any atom is -0.383 e. The predicted octanol–water partition coefficient (Wildman–Crippen LogP) is 1.88. The molecule has 1 heterocycles. The molecule has 0 aliphatic carbocycles. The van der Waals surface area contributed by atoms with Gasteiger partial charge in [0.15, 0.2) is 0 Å². The molecule has 0 fully saturated rings. The van der Waals surface area contributed by atoms with Crippen molar-refractivity contribution in [1.29, 1.82) is 0 Å². The highest BCUT2D eigenvalue weighted by molar-refractivity contribution is 5.92. The van der Waals surface area contributed by atoms with Crippen LogP contribution < -0.4 is 10.2 Å². The van der Waals surface area contributed by atoms with Crippen LogP contribution in [0.2, 0.25) is 0 Å². The minimum atomic E-state index is -0.221. The molecule has 0 atom stereocenters. The van der Waals surface area contributed by atoms with Crippen LogP contribution in [-0.2, 0) is 11.3 Å². The summed E-state index contributed by atoms with van der Waals surface area (Å²) in [6.07, 6.45) is 1.61.